The van der Waals surface area contributed by atoms with Gasteiger partial charge in [0, 0.05) is 6.61 Å². The van der Waals surface area contributed by atoms with E-state index in [2.05, 4.69) is 31.2 Å². The molecule has 0 aliphatic heterocycles. The third-order valence-corrected chi connectivity index (χ3v) is 3.81. The van der Waals surface area contributed by atoms with Gasteiger partial charge in [-0.25, -0.2) is 0 Å². The van der Waals surface area contributed by atoms with E-state index in [0.29, 0.717) is 0 Å². The summed E-state index contributed by atoms with van der Waals surface area (Å²) >= 11 is 0. The highest BCUT2D eigenvalue weighted by atomic mass is 16.5. The number of ether oxygens (including phenoxy) is 1. The van der Waals surface area contributed by atoms with Crippen molar-refractivity contribution in [2.45, 2.75) is 71.1 Å². The molecule has 1 N–H and O–H groups in total. The molecule has 1 rings (SSSR count). The van der Waals surface area contributed by atoms with Gasteiger partial charge in [0.1, 0.15) is 5.75 Å². The van der Waals surface area contributed by atoms with Crippen LogP contribution in [0.1, 0.15) is 70.3 Å². The van der Waals surface area contributed by atoms with Gasteiger partial charge in [0.15, 0.2) is 0 Å². The van der Waals surface area contributed by atoms with E-state index in [1.807, 2.05) is 0 Å². The second kappa shape index (κ2) is 12.7. The Morgan fingerprint density at radius 2 is 1.48 bits per heavy atom. The average Bonchev–Trinajstić information content (AvgIpc) is 2.52. The maximum Gasteiger partial charge on any atom is 0.119 e. The minimum Gasteiger partial charge on any atom is -0.494 e. The summed E-state index contributed by atoms with van der Waals surface area (Å²) in [7, 11) is 0. The molecular weight excluding hydrogens is 260 g/mol. The number of hydrogen-bond donors (Lipinski definition) is 1. The zero-order valence-electron chi connectivity index (χ0n) is 13.7. The van der Waals surface area contributed by atoms with E-state index in [0.717, 1.165) is 31.6 Å². The third-order valence-electron chi connectivity index (χ3n) is 3.81. The second-order valence-electron chi connectivity index (χ2n) is 5.79. The van der Waals surface area contributed by atoms with Crippen LogP contribution in [0, 0.1) is 0 Å². The summed E-state index contributed by atoms with van der Waals surface area (Å²) in [5.41, 5.74) is 1.41. The summed E-state index contributed by atoms with van der Waals surface area (Å²) in [6.07, 6.45) is 12.2. The van der Waals surface area contributed by atoms with Crippen LogP contribution in [-0.2, 0) is 6.42 Å². The zero-order chi connectivity index (χ0) is 15.2. The van der Waals surface area contributed by atoms with Crippen molar-refractivity contribution in [2.24, 2.45) is 0 Å². The summed E-state index contributed by atoms with van der Waals surface area (Å²) in [5.74, 6) is 0.964. The lowest BCUT2D eigenvalue weighted by Gasteiger charge is -2.07. The van der Waals surface area contributed by atoms with Gasteiger partial charge in [-0.15, -0.1) is 0 Å². The fourth-order valence-electron chi connectivity index (χ4n) is 2.44. The molecule has 0 heterocycles. The van der Waals surface area contributed by atoms with E-state index in [1.54, 1.807) is 0 Å². The van der Waals surface area contributed by atoms with E-state index in [4.69, 9.17) is 9.84 Å². The fraction of sp³-hybridized carbons (Fsp3) is 0.684. The van der Waals surface area contributed by atoms with Crippen LogP contribution < -0.4 is 4.74 Å². The van der Waals surface area contributed by atoms with Crippen LogP contribution in [-0.4, -0.2) is 18.3 Å². The van der Waals surface area contributed by atoms with Crippen LogP contribution in [0.3, 0.4) is 0 Å². The SMILES string of the molecule is CCCCCCCCc1ccc(OCCCCCO)cc1. The largest absolute Gasteiger partial charge is 0.494 e. The van der Waals surface area contributed by atoms with E-state index >= 15 is 0 Å². The molecule has 0 fully saturated rings. The number of hydrogen-bond acceptors (Lipinski definition) is 2. The molecule has 1 aromatic rings. The highest BCUT2D eigenvalue weighted by Crippen LogP contribution is 2.15. The van der Waals surface area contributed by atoms with Gasteiger partial charge in [0.25, 0.3) is 0 Å². The molecule has 0 saturated carbocycles. The highest BCUT2D eigenvalue weighted by molar-refractivity contribution is 5.27. The standard InChI is InChI=1S/C19H32O2/c1-2-3-4-5-6-8-11-18-12-14-19(15-13-18)21-17-10-7-9-16-20/h12-15,20H,2-11,16-17H2,1H3. The van der Waals surface area contributed by atoms with Gasteiger partial charge in [-0.2, -0.15) is 0 Å². The number of rotatable bonds is 13. The minimum atomic E-state index is 0.285. The maximum absolute atomic E-state index is 8.70. The Morgan fingerprint density at radius 3 is 2.19 bits per heavy atom. The summed E-state index contributed by atoms with van der Waals surface area (Å²) in [6.45, 7) is 3.29. The zero-order valence-corrected chi connectivity index (χ0v) is 13.7. The Morgan fingerprint density at radius 1 is 0.810 bits per heavy atom. The highest BCUT2D eigenvalue weighted by Gasteiger charge is 1.97. The Bertz CT molecular complexity index is 332. The summed E-state index contributed by atoms with van der Waals surface area (Å²) < 4.78 is 5.70. The molecular formula is C19H32O2. The van der Waals surface area contributed by atoms with Gasteiger partial charge in [-0.3, -0.25) is 0 Å². The number of unbranched alkanes of at least 4 members (excludes halogenated alkanes) is 7. The van der Waals surface area contributed by atoms with E-state index in [-0.39, 0.29) is 6.61 Å². The normalized spacial score (nSPS) is 10.8. The van der Waals surface area contributed by atoms with E-state index < -0.39 is 0 Å². The number of aliphatic hydroxyl groups excluding tert-OH is 1. The lowest BCUT2D eigenvalue weighted by atomic mass is 10.0. The molecule has 0 aromatic heterocycles. The third kappa shape index (κ3) is 9.52. The van der Waals surface area contributed by atoms with Gasteiger partial charge >= 0.3 is 0 Å². The van der Waals surface area contributed by atoms with Crippen LogP contribution in [0.4, 0.5) is 0 Å². The average molecular weight is 292 g/mol. The first-order valence-electron chi connectivity index (χ1n) is 8.69. The van der Waals surface area contributed by atoms with Crippen molar-refractivity contribution < 1.29 is 9.84 Å². The van der Waals surface area contributed by atoms with Crippen molar-refractivity contribution in [2.75, 3.05) is 13.2 Å². The molecule has 0 saturated heterocycles. The maximum atomic E-state index is 8.70. The van der Waals surface area contributed by atoms with Gasteiger partial charge in [-0.05, 0) is 49.8 Å². The number of benzene rings is 1. The molecule has 21 heavy (non-hydrogen) atoms. The van der Waals surface area contributed by atoms with Gasteiger partial charge < -0.3 is 9.84 Å². The second-order valence-corrected chi connectivity index (χ2v) is 5.79. The molecule has 0 aliphatic carbocycles. The first-order valence-corrected chi connectivity index (χ1v) is 8.69. The molecule has 0 amide bonds. The Hall–Kier alpha value is -1.02. The van der Waals surface area contributed by atoms with Crippen molar-refractivity contribution >= 4 is 0 Å². The first-order chi connectivity index (χ1) is 10.4. The van der Waals surface area contributed by atoms with E-state index in [9.17, 15) is 0 Å². The monoisotopic (exact) mass is 292 g/mol. The van der Waals surface area contributed by atoms with Crippen LogP contribution in [0.25, 0.3) is 0 Å². The molecule has 0 aliphatic rings. The Kier molecular flexibility index (Phi) is 10.9. The van der Waals surface area contributed by atoms with Crippen molar-refractivity contribution in [3.63, 3.8) is 0 Å². The molecule has 2 nitrogen and oxygen atoms in total. The quantitative estimate of drug-likeness (QED) is 0.511. The van der Waals surface area contributed by atoms with Crippen molar-refractivity contribution in [3.05, 3.63) is 29.8 Å². The molecule has 0 radical (unpaired) electrons. The fourth-order valence-corrected chi connectivity index (χ4v) is 2.44. The molecule has 1 aromatic carbocycles. The van der Waals surface area contributed by atoms with Crippen LogP contribution in [0.5, 0.6) is 5.75 Å². The lowest BCUT2D eigenvalue weighted by molar-refractivity contribution is 0.266. The molecule has 0 unspecified atom stereocenters. The number of aliphatic hydroxyl groups is 1. The summed E-state index contributed by atoms with van der Waals surface area (Å²) in [6, 6.07) is 8.54. The Balaban J connectivity index is 2.09. The minimum absolute atomic E-state index is 0.285. The topological polar surface area (TPSA) is 29.5 Å². The Labute approximate surface area is 130 Å². The predicted molar refractivity (Wildman–Crippen MR) is 90.0 cm³/mol. The first kappa shape index (κ1) is 18.0. The molecule has 0 atom stereocenters. The van der Waals surface area contributed by atoms with Crippen molar-refractivity contribution in [1.82, 2.24) is 0 Å². The van der Waals surface area contributed by atoms with Gasteiger partial charge in [0.2, 0.25) is 0 Å². The van der Waals surface area contributed by atoms with Crippen molar-refractivity contribution in [3.8, 4) is 5.75 Å². The lowest BCUT2D eigenvalue weighted by Crippen LogP contribution is -1.98. The molecule has 2 heteroatoms. The molecule has 0 bridgehead atoms. The van der Waals surface area contributed by atoms with E-state index in [1.165, 1.54) is 50.5 Å². The van der Waals surface area contributed by atoms with Gasteiger partial charge in [-0.1, -0.05) is 51.2 Å². The predicted octanol–water partition coefficient (Wildman–Crippen LogP) is 5.13. The van der Waals surface area contributed by atoms with Crippen LogP contribution in [0.15, 0.2) is 24.3 Å². The number of aryl methyl sites for hydroxylation is 1. The molecule has 0 spiro atoms. The van der Waals surface area contributed by atoms with Crippen molar-refractivity contribution in [1.29, 1.82) is 0 Å². The molecule has 120 valence electrons. The summed E-state index contributed by atoms with van der Waals surface area (Å²) in [5, 5.41) is 8.70. The van der Waals surface area contributed by atoms with Crippen LogP contribution >= 0.6 is 0 Å². The van der Waals surface area contributed by atoms with Gasteiger partial charge in [0.05, 0.1) is 6.61 Å². The van der Waals surface area contributed by atoms with Crippen LogP contribution in [0.2, 0.25) is 0 Å². The summed E-state index contributed by atoms with van der Waals surface area (Å²) in [4.78, 5) is 0. The smallest absolute Gasteiger partial charge is 0.119 e.